The molecule has 0 bridgehead atoms. The van der Waals surface area contributed by atoms with Gasteiger partial charge in [-0.25, -0.2) is 0 Å². The minimum Gasteiger partial charge on any atom is -0.497 e. The second-order valence-corrected chi connectivity index (χ2v) is 5.00. The number of amides is 2. The predicted molar refractivity (Wildman–Crippen MR) is 88.5 cm³/mol. The maximum absolute atomic E-state index is 11.9. The van der Waals surface area contributed by atoms with Gasteiger partial charge in [0.1, 0.15) is 5.75 Å². The number of methoxy groups -OCH3 is 1. The first-order valence-electron chi connectivity index (χ1n) is 7.42. The zero-order valence-corrected chi connectivity index (χ0v) is 13.0. The average molecular weight is 312 g/mol. The third-order valence-electron chi connectivity index (χ3n) is 3.27. The van der Waals surface area contributed by atoms with Crippen LogP contribution in [0.5, 0.6) is 5.75 Å². The Kier molecular flexibility index (Phi) is 6.17. The molecule has 2 aromatic carbocycles. The topological polar surface area (TPSA) is 67.4 Å². The van der Waals surface area contributed by atoms with Crippen LogP contribution in [0.3, 0.4) is 0 Å². The highest BCUT2D eigenvalue weighted by atomic mass is 16.5. The molecule has 5 nitrogen and oxygen atoms in total. The maximum Gasteiger partial charge on any atom is 0.251 e. The van der Waals surface area contributed by atoms with E-state index in [1.807, 2.05) is 42.5 Å². The van der Waals surface area contributed by atoms with E-state index in [-0.39, 0.29) is 18.2 Å². The van der Waals surface area contributed by atoms with Crippen molar-refractivity contribution >= 4 is 11.8 Å². The number of nitrogens with one attached hydrogen (secondary N) is 2. The van der Waals surface area contributed by atoms with Gasteiger partial charge in [-0.2, -0.15) is 0 Å². The van der Waals surface area contributed by atoms with Gasteiger partial charge in [0.25, 0.3) is 5.91 Å². The first-order valence-corrected chi connectivity index (χ1v) is 7.42. The molecule has 2 N–H and O–H groups in total. The van der Waals surface area contributed by atoms with Crippen molar-refractivity contribution in [2.75, 3.05) is 20.2 Å². The second-order valence-electron chi connectivity index (χ2n) is 5.00. The SMILES string of the molecule is COc1cccc(CC(=O)NCCNC(=O)c2ccccc2)c1. The summed E-state index contributed by atoms with van der Waals surface area (Å²) < 4.78 is 5.12. The van der Waals surface area contributed by atoms with Gasteiger partial charge in [-0.05, 0) is 29.8 Å². The van der Waals surface area contributed by atoms with Gasteiger partial charge in [0.15, 0.2) is 0 Å². The van der Waals surface area contributed by atoms with Crippen molar-refractivity contribution in [1.82, 2.24) is 10.6 Å². The highest BCUT2D eigenvalue weighted by Crippen LogP contribution is 2.12. The number of carbonyl (C=O) groups is 2. The Balaban J connectivity index is 1.69. The van der Waals surface area contributed by atoms with Crippen molar-refractivity contribution in [3.05, 3.63) is 65.7 Å². The van der Waals surface area contributed by atoms with Gasteiger partial charge in [0.05, 0.1) is 13.5 Å². The minimum absolute atomic E-state index is 0.0905. The van der Waals surface area contributed by atoms with E-state index in [2.05, 4.69) is 10.6 Å². The van der Waals surface area contributed by atoms with Crippen molar-refractivity contribution in [1.29, 1.82) is 0 Å². The Bertz CT molecular complexity index is 656. The quantitative estimate of drug-likeness (QED) is 0.766. The molecule has 0 heterocycles. The van der Waals surface area contributed by atoms with Crippen LogP contribution in [0, 0.1) is 0 Å². The molecule has 5 heteroatoms. The molecular formula is C18H20N2O3. The molecule has 0 atom stereocenters. The molecule has 0 saturated carbocycles. The summed E-state index contributed by atoms with van der Waals surface area (Å²) in [6.07, 6.45) is 0.282. The fourth-order valence-corrected chi connectivity index (χ4v) is 2.10. The maximum atomic E-state index is 11.9. The van der Waals surface area contributed by atoms with Gasteiger partial charge in [-0.15, -0.1) is 0 Å². The molecular weight excluding hydrogens is 292 g/mol. The van der Waals surface area contributed by atoms with Gasteiger partial charge in [-0.1, -0.05) is 30.3 Å². The molecule has 0 aliphatic heterocycles. The lowest BCUT2D eigenvalue weighted by molar-refractivity contribution is -0.120. The van der Waals surface area contributed by atoms with Crippen LogP contribution in [0.1, 0.15) is 15.9 Å². The largest absolute Gasteiger partial charge is 0.497 e. The van der Waals surface area contributed by atoms with Crippen LogP contribution in [0.2, 0.25) is 0 Å². The van der Waals surface area contributed by atoms with E-state index < -0.39 is 0 Å². The Hall–Kier alpha value is -2.82. The van der Waals surface area contributed by atoms with E-state index >= 15 is 0 Å². The summed E-state index contributed by atoms with van der Waals surface area (Å²) >= 11 is 0. The van der Waals surface area contributed by atoms with Gasteiger partial charge in [0, 0.05) is 18.7 Å². The molecule has 0 aromatic heterocycles. The van der Waals surface area contributed by atoms with Crippen molar-refractivity contribution in [2.45, 2.75) is 6.42 Å². The first kappa shape index (κ1) is 16.5. The summed E-state index contributed by atoms with van der Waals surface area (Å²) in [6, 6.07) is 16.4. The number of hydrogen-bond donors (Lipinski definition) is 2. The number of rotatable bonds is 7. The van der Waals surface area contributed by atoms with Crippen LogP contribution < -0.4 is 15.4 Å². The van der Waals surface area contributed by atoms with Gasteiger partial charge >= 0.3 is 0 Å². The van der Waals surface area contributed by atoms with Crippen LogP contribution in [0.15, 0.2) is 54.6 Å². The lowest BCUT2D eigenvalue weighted by Crippen LogP contribution is -2.35. The van der Waals surface area contributed by atoms with Crippen LogP contribution in [0.25, 0.3) is 0 Å². The Morgan fingerprint density at radius 1 is 0.957 bits per heavy atom. The Morgan fingerprint density at radius 3 is 2.43 bits per heavy atom. The standard InChI is InChI=1S/C18H20N2O3/c1-23-16-9-5-6-14(12-16)13-17(21)19-10-11-20-18(22)15-7-3-2-4-8-15/h2-9,12H,10-11,13H2,1H3,(H,19,21)(H,20,22). The molecule has 120 valence electrons. The van der Waals surface area contributed by atoms with E-state index in [0.717, 1.165) is 11.3 Å². The predicted octanol–water partition coefficient (Wildman–Crippen LogP) is 1.78. The summed E-state index contributed by atoms with van der Waals surface area (Å²) in [4.78, 5) is 23.7. The van der Waals surface area contributed by atoms with E-state index in [1.54, 1.807) is 19.2 Å². The molecule has 0 radical (unpaired) electrons. The highest BCUT2D eigenvalue weighted by Gasteiger charge is 2.05. The van der Waals surface area contributed by atoms with Crippen molar-refractivity contribution in [2.24, 2.45) is 0 Å². The minimum atomic E-state index is -0.146. The second kappa shape index (κ2) is 8.58. The van der Waals surface area contributed by atoms with Gasteiger partial charge in [-0.3, -0.25) is 9.59 Å². The number of carbonyl (C=O) groups excluding carboxylic acids is 2. The normalized spacial score (nSPS) is 9.96. The first-order chi connectivity index (χ1) is 11.2. The van der Waals surface area contributed by atoms with Crippen LogP contribution in [-0.4, -0.2) is 32.0 Å². The van der Waals surface area contributed by atoms with E-state index in [4.69, 9.17) is 4.74 Å². The summed E-state index contributed by atoms with van der Waals surface area (Å²) in [5, 5.41) is 5.54. The van der Waals surface area contributed by atoms with E-state index in [0.29, 0.717) is 18.7 Å². The third-order valence-corrected chi connectivity index (χ3v) is 3.27. The Morgan fingerprint density at radius 2 is 1.70 bits per heavy atom. The third kappa shape index (κ3) is 5.47. The lowest BCUT2D eigenvalue weighted by atomic mass is 10.1. The van der Waals surface area contributed by atoms with Crippen LogP contribution in [-0.2, 0) is 11.2 Å². The summed E-state index contributed by atoms with van der Waals surface area (Å²) in [6.45, 7) is 0.777. The number of benzene rings is 2. The van der Waals surface area contributed by atoms with E-state index in [9.17, 15) is 9.59 Å². The smallest absolute Gasteiger partial charge is 0.251 e. The zero-order chi connectivity index (χ0) is 16.5. The van der Waals surface area contributed by atoms with Crippen molar-refractivity contribution in [3.8, 4) is 5.75 Å². The molecule has 0 aliphatic carbocycles. The molecule has 0 fully saturated rings. The average Bonchev–Trinajstić information content (AvgIpc) is 2.59. The van der Waals surface area contributed by atoms with E-state index in [1.165, 1.54) is 0 Å². The zero-order valence-electron chi connectivity index (χ0n) is 13.0. The monoisotopic (exact) mass is 312 g/mol. The van der Waals surface area contributed by atoms with Crippen molar-refractivity contribution in [3.63, 3.8) is 0 Å². The summed E-state index contributed by atoms with van der Waals surface area (Å²) in [7, 11) is 1.59. The number of ether oxygens (including phenoxy) is 1. The fraction of sp³-hybridized carbons (Fsp3) is 0.222. The Labute approximate surface area is 135 Å². The molecule has 0 aliphatic rings. The molecule has 2 aromatic rings. The lowest BCUT2D eigenvalue weighted by Gasteiger charge is -2.08. The molecule has 0 spiro atoms. The fourth-order valence-electron chi connectivity index (χ4n) is 2.10. The molecule has 2 amide bonds. The molecule has 0 unspecified atom stereocenters. The molecule has 23 heavy (non-hydrogen) atoms. The highest BCUT2D eigenvalue weighted by molar-refractivity contribution is 5.94. The van der Waals surface area contributed by atoms with Crippen molar-refractivity contribution < 1.29 is 14.3 Å². The molecule has 0 saturated heterocycles. The van der Waals surface area contributed by atoms with Gasteiger partial charge < -0.3 is 15.4 Å². The van der Waals surface area contributed by atoms with Crippen LogP contribution in [0.4, 0.5) is 0 Å². The van der Waals surface area contributed by atoms with Crippen LogP contribution >= 0.6 is 0 Å². The summed E-state index contributed by atoms with van der Waals surface area (Å²) in [5.41, 5.74) is 1.49. The molecule has 2 rings (SSSR count). The van der Waals surface area contributed by atoms with Gasteiger partial charge in [0.2, 0.25) is 5.91 Å². The number of hydrogen-bond acceptors (Lipinski definition) is 3. The summed E-state index contributed by atoms with van der Waals surface area (Å²) in [5.74, 6) is 0.491.